The fraction of sp³-hybridized carbons (Fsp3) is 0.364. The lowest BCUT2D eigenvalue weighted by molar-refractivity contribution is -0.187. The van der Waals surface area contributed by atoms with Gasteiger partial charge >= 0.3 is 5.97 Å². The van der Waals surface area contributed by atoms with Gasteiger partial charge in [0.25, 0.3) is 5.91 Å². The van der Waals surface area contributed by atoms with Crippen molar-refractivity contribution in [3.05, 3.63) is 69.2 Å². The molecule has 5 atom stereocenters. The molecule has 0 bridgehead atoms. The van der Waals surface area contributed by atoms with Gasteiger partial charge in [-0.25, -0.2) is 4.79 Å². The van der Waals surface area contributed by atoms with Crippen molar-refractivity contribution in [3.8, 4) is 0 Å². The molecule has 0 aliphatic carbocycles. The van der Waals surface area contributed by atoms with Crippen molar-refractivity contribution in [2.45, 2.75) is 44.0 Å². The van der Waals surface area contributed by atoms with E-state index in [1.165, 1.54) is 12.1 Å². The van der Waals surface area contributed by atoms with Gasteiger partial charge in [-0.15, -0.1) is 0 Å². The second-order valence-corrected chi connectivity index (χ2v) is 8.23. The van der Waals surface area contributed by atoms with Crippen LogP contribution in [0.25, 0.3) is 0 Å². The number of halogens is 2. The zero-order chi connectivity index (χ0) is 23.4. The van der Waals surface area contributed by atoms with Crippen molar-refractivity contribution in [2.24, 2.45) is 0 Å². The van der Waals surface area contributed by atoms with E-state index in [4.69, 9.17) is 32.7 Å². The number of nitrogens with one attached hydrogen (secondary N) is 1. The minimum Gasteiger partial charge on any atom is -0.457 e. The molecule has 1 amide bonds. The number of aliphatic hydroxyl groups excluding tert-OH is 3. The average Bonchev–Trinajstić information content (AvgIpc) is 2.77. The summed E-state index contributed by atoms with van der Waals surface area (Å²) in [6.07, 6.45) is -4.39. The number of carbonyl (C=O) groups is 2. The maximum absolute atomic E-state index is 12.7. The van der Waals surface area contributed by atoms with Crippen LogP contribution in [0.15, 0.2) is 42.5 Å². The van der Waals surface area contributed by atoms with E-state index in [2.05, 4.69) is 5.32 Å². The Bertz CT molecular complexity index is 949. The number of aliphatic hydroxyl groups is 3. The highest BCUT2D eigenvalue weighted by Gasteiger charge is 2.43. The van der Waals surface area contributed by atoms with Crippen LogP contribution in [0.5, 0.6) is 0 Å². The molecule has 0 radical (unpaired) electrons. The molecule has 0 spiro atoms. The molecule has 3 unspecified atom stereocenters. The van der Waals surface area contributed by atoms with E-state index >= 15 is 0 Å². The molecule has 1 aliphatic heterocycles. The number of benzene rings is 2. The standard InChI is InChI=1S/C22H23Cl2NO7/c1-11-18(20(28)19(27)16(9-26)32-11)25-21(29)13-7-14(23)17(15(24)8-13)22(30)31-10-12-5-3-2-4-6-12/h2-8,11,16,18-20,26-28H,9-10H2,1H3,(H,25,29)/t11-,16?,18?,19+,20?/m1/s1. The first-order chi connectivity index (χ1) is 15.2. The van der Waals surface area contributed by atoms with E-state index in [1.807, 2.05) is 18.2 Å². The summed E-state index contributed by atoms with van der Waals surface area (Å²) >= 11 is 12.4. The molecular weight excluding hydrogens is 461 g/mol. The normalized spacial score (nSPS) is 25.2. The SMILES string of the molecule is C[C@H]1OC(CO)[C@H](O)C(O)C1NC(=O)c1cc(Cl)c(C(=O)OCc2ccccc2)c(Cl)c1. The molecule has 3 rings (SSSR count). The van der Waals surface area contributed by atoms with Crippen molar-refractivity contribution in [1.29, 1.82) is 0 Å². The van der Waals surface area contributed by atoms with Gasteiger partial charge in [0.2, 0.25) is 0 Å². The molecule has 1 heterocycles. The highest BCUT2D eigenvalue weighted by atomic mass is 35.5. The van der Waals surface area contributed by atoms with Gasteiger partial charge in [0, 0.05) is 5.56 Å². The quantitative estimate of drug-likeness (QED) is 0.462. The first kappa shape index (κ1) is 24.4. The van der Waals surface area contributed by atoms with Crippen LogP contribution >= 0.6 is 23.2 Å². The van der Waals surface area contributed by atoms with Gasteiger partial charge in [-0.3, -0.25) is 4.79 Å². The maximum Gasteiger partial charge on any atom is 0.341 e. The van der Waals surface area contributed by atoms with Crippen molar-refractivity contribution in [1.82, 2.24) is 5.32 Å². The smallest absolute Gasteiger partial charge is 0.341 e. The molecule has 0 saturated carbocycles. The van der Waals surface area contributed by atoms with Gasteiger partial charge in [-0.2, -0.15) is 0 Å². The molecule has 2 aromatic rings. The van der Waals surface area contributed by atoms with Gasteiger partial charge < -0.3 is 30.1 Å². The second kappa shape index (κ2) is 10.6. The maximum atomic E-state index is 12.7. The predicted octanol–water partition coefficient (Wildman–Crippen LogP) is 1.95. The van der Waals surface area contributed by atoms with E-state index in [1.54, 1.807) is 19.1 Å². The second-order valence-electron chi connectivity index (χ2n) is 7.42. The highest BCUT2D eigenvalue weighted by Crippen LogP contribution is 2.28. The van der Waals surface area contributed by atoms with E-state index in [-0.39, 0.29) is 27.8 Å². The molecule has 8 nitrogen and oxygen atoms in total. The topological polar surface area (TPSA) is 125 Å². The molecule has 32 heavy (non-hydrogen) atoms. The number of hydrogen-bond acceptors (Lipinski definition) is 7. The third-order valence-corrected chi connectivity index (χ3v) is 5.79. The van der Waals surface area contributed by atoms with Crippen LogP contribution in [0.3, 0.4) is 0 Å². The minimum atomic E-state index is -1.38. The van der Waals surface area contributed by atoms with E-state index in [0.717, 1.165) is 5.56 Å². The minimum absolute atomic E-state index is 0.0309. The van der Waals surface area contributed by atoms with Crippen LogP contribution in [0, 0.1) is 0 Å². The summed E-state index contributed by atoms with van der Waals surface area (Å²) in [6, 6.07) is 10.6. The number of esters is 1. The first-order valence-corrected chi connectivity index (χ1v) is 10.6. The summed E-state index contributed by atoms with van der Waals surface area (Å²) in [5.41, 5.74) is 0.756. The molecule has 4 N–H and O–H groups in total. The Labute approximate surface area is 194 Å². The van der Waals surface area contributed by atoms with Crippen molar-refractivity contribution < 1.29 is 34.4 Å². The van der Waals surface area contributed by atoms with Crippen LogP contribution in [-0.2, 0) is 16.1 Å². The van der Waals surface area contributed by atoms with Crippen LogP contribution in [0.4, 0.5) is 0 Å². The van der Waals surface area contributed by atoms with Gasteiger partial charge in [0.1, 0.15) is 24.9 Å². The summed E-state index contributed by atoms with van der Waals surface area (Å²) < 4.78 is 10.7. The Hall–Kier alpha value is -2.20. The summed E-state index contributed by atoms with van der Waals surface area (Å²) in [4.78, 5) is 25.2. The molecular formula is C22H23Cl2NO7. The number of amides is 1. The lowest BCUT2D eigenvalue weighted by Gasteiger charge is -2.41. The van der Waals surface area contributed by atoms with Gasteiger partial charge in [-0.1, -0.05) is 53.5 Å². The van der Waals surface area contributed by atoms with Crippen LogP contribution in [0.2, 0.25) is 10.0 Å². The van der Waals surface area contributed by atoms with Gasteiger partial charge in [0.15, 0.2) is 0 Å². The molecule has 172 valence electrons. The molecule has 0 aromatic heterocycles. The highest BCUT2D eigenvalue weighted by molar-refractivity contribution is 6.39. The van der Waals surface area contributed by atoms with Crippen LogP contribution < -0.4 is 5.32 Å². The Morgan fingerprint density at radius 1 is 1.09 bits per heavy atom. The fourth-order valence-electron chi connectivity index (χ4n) is 3.43. The lowest BCUT2D eigenvalue weighted by atomic mass is 9.93. The summed E-state index contributed by atoms with van der Waals surface area (Å²) in [6.45, 7) is 1.15. The van der Waals surface area contributed by atoms with Crippen LogP contribution in [0.1, 0.15) is 33.2 Å². The fourth-order valence-corrected chi connectivity index (χ4v) is 4.08. The number of hydrogen-bond donors (Lipinski definition) is 4. The Morgan fingerprint density at radius 3 is 2.31 bits per heavy atom. The Morgan fingerprint density at radius 2 is 1.72 bits per heavy atom. The molecule has 1 saturated heterocycles. The van der Waals surface area contributed by atoms with Crippen molar-refractivity contribution in [2.75, 3.05) is 6.61 Å². The summed E-state index contributed by atoms with van der Waals surface area (Å²) in [7, 11) is 0. The monoisotopic (exact) mass is 483 g/mol. The van der Waals surface area contributed by atoms with Gasteiger partial charge in [0.05, 0.1) is 34.4 Å². The Kier molecular flexibility index (Phi) is 8.10. The zero-order valence-corrected chi connectivity index (χ0v) is 18.6. The van der Waals surface area contributed by atoms with Crippen LogP contribution in [-0.4, -0.2) is 64.3 Å². The largest absolute Gasteiger partial charge is 0.457 e. The zero-order valence-electron chi connectivity index (χ0n) is 17.1. The number of ether oxygens (including phenoxy) is 2. The number of rotatable bonds is 6. The lowest BCUT2D eigenvalue weighted by Crippen LogP contribution is -2.63. The van der Waals surface area contributed by atoms with Crippen molar-refractivity contribution in [3.63, 3.8) is 0 Å². The Balaban J connectivity index is 1.71. The summed E-state index contributed by atoms with van der Waals surface area (Å²) in [5.74, 6) is -1.38. The molecule has 1 aliphatic rings. The van der Waals surface area contributed by atoms with Crippen molar-refractivity contribution >= 4 is 35.1 Å². The molecule has 1 fully saturated rings. The van der Waals surface area contributed by atoms with E-state index in [9.17, 15) is 24.9 Å². The first-order valence-electron chi connectivity index (χ1n) is 9.86. The predicted molar refractivity (Wildman–Crippen MR) is 117 cm³/mol. The van der Waals surface area contributed by atoms with Gasteiger partial charge in [-0.05, 0) is 24.6 Å². The molecule has 10 heteroatoms. The third-order valence-electron chi connectivity index (χ3n) is 5.19. The summed E-state index contributed by atoms with van der Waals surface area (Å²) in [5, 5.41) is 32.0. The third kappa shape index (κ3) is 5.40. The van der Waals surface area contributed by atoms with E-state index in [0.29, 0.717) is 0 Å². The average molecular weight is 484 g/mol. The van der Waals surface area contributed by atoms with E-state index < -0.39 is 48.9 Å². The number of carbonyl (C=O) groups excluding carboxylic acids is 2. The molecule has 2 aromatic carbocycles.